The normalized spacial score (nSPS) is 13.9. The summed E-state index contributed by atoms with van der Waals surface area (Å²) in [6.45, 7) is 5.32. The molecule has 0 bridgehead atoms. The number of hydrogen-bond acceptors (Lipinski definition) is 7. The van der Waals surface area contributed by atoms with Gasteiger partial charge in [-0.3, -0.25) is 9.36 Å². The molecule has 9 heteroatoms. The Kier molecular flexibility index (Phi) is 49.2. The first-order valence-corrected chi connectivity index (χ1v) is 29.5. The molecule has 0 aromatic heterocycles. The number of carbonyl (C=O) groups excluding carboxylic acids is 1. The lowest BCUT2D eigenvalue weighted by Crippen LogP contribution is -2.37. The highest BCUT2D eigenvalue weighted by Crippen LogP contribution is 2.38. The van der Waals surface area contributed by atoms with Crippen LogP contribution in [-0.4, -0.2) is 70.7 Å². The minimum absolute atomic E-state index is 0.0236. The van der Waals surface area contributed by atoms with Crippen LogP contribution in [0, 0.1) is 0 Å². The largest absolute Gasteiger partial charge is 0.756 e. The Morgan fingerprint density at radius 1 is 0.478 bits per heavy atom. The summed E-state index contributed by atoms with van der Waals surface area (Å²) >= 11 is 0. The molecular weight excluding hydrogens is 854 g/mol. The molecule has 0 aromatic rings. The van der Waals surface area contributed by atoms with E-state index in [4.69, 9.17) is 18.5 Å². The number of carbonyl (C=O) groups is 1. The van der Waals surface area contributed by atoms with Gasteiger partial charge in [0.25, 0.3) is 7.82 Å². The van der Waals surface area contributed by atoms with Crippen molar-refractivity contribution >= 4 is 13.8 Å². The Bertz CT molecular complexity index is 1260. The van der Waals surface area contributed by atoms with Gasteiger partial charge >= 0.3 is 5.97 Å². The van der Waals surface area contributed by atoms with Gasteiger partial charge in [-0.05, 0) is 57.8 Å². The van der Waals surface area contributed by atoms with Crippen LogP contribution in [0.2, 0.25) is 0 Å². The highest BCUT2D eigenvalue weighted by atomic mass is 31.2. The minimum atomic E-state index is -4.54. The Morgan fingerprint density at radius 3 is 1.30 bits per heavy atom. The fourth-order valence-electron chi connectivity index (χ4n) is 7.81. The molecule has 2 atom stereocenters. The number of nitrogens with zero attached hydrogens (tertiary/aromatic N) is 1. The molecule has 392 valence electrons. The third-order valence-electron chi connectivity index (χ3n) is 12.1. The second-order valence-electron chi connectivity index (χ2n) is 19.9. The number of hydrogen-bond donors (Lipinski definition) is 0. The standard InChI is InChI=1S/C58H108NO7P/c1-6-8-10-12-14-16-18-20-22-24-26-28-29-30-32-34-36-38-40-42-44-46-48-50-53-63-55-57(56-65-67(61,62)64-54-52-59(3,4)5)66-58(60)51-49-47-45-43-41-39-37-35-33-31-27-25-23-21-19-17-15-13-11-9-7-2/h8,10,14,16,20,22,26,28,30,32,57H,6-7,9,11-13,15,17-19,21,23-25,27,29,31,33-56H2,1-5H3/b10-8-,16-14-,22-20-,28-26-,32-30-. The number of unbranched alkanes of at least 4 members (excludes halogenated alkanes) is 28. The topological polar surface area (TPSA) is 94.1 Å². The predicted molar refractivity (Wildman–Crippen MR) is 286 cm³/mol. The summed E-state index contributed by atoms with van der Waals surface area (Å²) in [6.07, 6.45) is 65.4. The fraction of sp³-hybridized carbons (Fsp3) is 0.810. The van der Waals surface area contributed by atoms with Gasteiger partial charge < -0.3 is 27.9 Å². The van der Waals surface area contributed by atoms with E-state index in [1.54, 1.807) is 0 Å². The number of allylic oxidation sites excluding steroid dienone is 10. The number of rotatable bonds is 52. The maximum atomic E-state index is 12.8. The maximum absolute atomic E-state index is 12.8. The monoisotopic (exact) mass is 962 g/mol. The number of ether oxygens (including phenoxy) is 2. The molecular formula is C58H108NO7P. The van der Waals surface area contributed by atoms with Gasteiger partial charge in [0.15, 0.2) is 0 Å². The summed E-state index contributed by atoms with van der Waals surface area (Å²) in [5.74, 6) is -0.334. The van der Waals surface area contributed by atoms with Crippen molar-refractivity contribution < 1.29 is 37.3 Å². The molecule has 67 heavy (non-hydrogen) atoms. The Morgan fingerprint density at radius 2 is 0.866 bits per heavy atom. The van der Waals surface area contributed by atoms with Crippen LogP contribution in [0.1, 0.15) is 245 Å². The highest BCUT2D eigenvalue weighted by molar-refractivity contribution is 7.45. The van der Waals surface area contributed by atoms with Crippen molar-refractivity contribution in [1.82, 2.24) is 0 Å². The van der Waals surface area contributed by atoms with Crippen LogP contribution in [0.5, 0.6) is 0 Å². The molecule has 0 spiro atoms. The van der Waals surface area contributed by atoms with E-state index < -0.39 is 13.9 Å². The van der Waals surface area contributed by atoms with E-state index >= 15 is 0 Å². The van der Waals surface area contributed by atoms with Gasteiger partial charge in [-0.25, -0.2) is 0 Å². The minimum Gasteiger partial charge on any atom is -0.756 e. The van der Waals surface area contributed by atoms with Crippen molar-refractivity contribution in [3.05, 3.63) is 60.8 Å². The molecule has 0 saturated heterocycles. The van der Waals surface area contributed by atoms with Gasteiger partial charge in [-0.1, -0.05) is 242 Å². The van der Waals surface area contributed by atoms with Crippen LogP contribution in [0.15, 0.2) is 60.8 Å². The molecule has 0 heterocycles. The zero-order chi connectivity index (χ0) is 49.0. The molecule has 0 aliphatic heterocycles. The Labute approximate surface area is 415 Å². The quantitative estimate of drug-likeness (QED) is 0.0197. The average Bonchev–Trinajstić information content (AvgIpc) is 3.29. The zero-order valence-electron chi connectivity index (χ0n) is 44.6. The van der Waals surface area contributed by atoms with Crippen molar-refractivity contribution in [3.63, 3.8) is 0 Å². The first kappa shape index (κ1) is 65.2. The lowest BCUT2D eigenvalue weighted by Gasteiger charge is -2.28. The predicted octanol–water partition coefficient (Wildman–Crippen LogP) is 17.0. The molecule has 0 aliphatic rings. The Hall–Kier alpha value is -1.80. The number of quaternary nitrogens is 1. The molecule has 0 rings (SSSR count). The number of phosphoric acid groups is 1. The van der Waals surface area contributed by atoms with Crippen molar-refractivity contribution in [2.24, 2.45) is 0 Å². The van der Waals surface area contributed by atoms with Crippen LogP contribution in [-0.2, 0) is 27.9 Å². The van der Waals surface area contributed by atoms with Gasteiger partial charge in [-0.2, -0.15) is 0 Å². The SMILES string of the molecule is CC/C=C\C/C=C\C/C=C\C/C=C\C/C=C\CCCCCCCCCCOCC(COP(=O)([O-])OCC[N+](C)(C)C)OC(=O)CCCCCCCCCCCCCCCCCCCCCCC. The van der Waals surface area contributed by atoms with Crippen LogP contribution < -0.4 is 4.89 Å². The molecule has 0 aromatic carbocycles. The van der Waals surface area contributed by atoms with Crippen molar-refractivity contribution in [1.29, 1.82) is 0 Å². The molecule has 0 N–H and O–H groups in total. The third-order valence-corrected chi connectivity index (χ3v) is 13.0. The van der Waals surface area contributed by atoms with Gasteiger partial charge in [0.2, 0.25) is 0 Å². The van der Waals surface area contributed by atoms with Gasteiger partial charge in [0, 0.05) is 13.0 Å². The molecule has 0 radical (unpaired) electrons. The zero-order valence-corrected chi connectivity index (χ0v) is 45.5. The third kappa shape index (κ3) is 55.0. The van der Waals surface area contributed by atoms with Crippen LogP contribution >= 0.6 is 7.82 Å². The molecule has 0 fully saturated rings. The number of likely N-dealkylation sites (N-methyl/N-ethyl adjacent to an activating group) is 1. The van der Waals surface area contributed by atoms with E-state index in [9.17, 15) is 14.3 Å². The highest BCUT2D eigenvalue weighted by Gasteiger charge is 2.20. The van der Waals surface area contributed by atoms with E-state index in [0.29, 0.717) is 24.1 Å². The molecule has 2 unspecified atom stereocenters. The van der Waals surface area contributed by atoms with Crippen LogP contribution in [0.25, 0.3) is 0 Å². The van der Waals surface area contributed by atoms with Gasteiger partial charge in [0.05, 0.1) is 34.4 Å². The van der Waals surface area contributed by atoms with E-state index in [-0.39, 0.29) is 25.8 Å². The van der Waals surface area contributed by atoms with E-state index in [2.05, 4.69) is 74.6 Å². The summed E-state index contributed by atoms with van der Waals surface area (Å²) < 4.78 is 34.8. The van der Waals surface area contributed by atoms with Gasteiger partial charge in [0.1, 0.15) is 19.3 Å². The van der Waals surface area contributed by atoms with Crippen molar-refractivity contribution in [2.45, 2.75) is 251 Å². The summed E-state index contributed by atoms with van der Waals surface area (Å²) in [5.41, 5.74) is 0. The van der Waals surface area contributed by atoms with E-state index in [1.807, 2.05) is 21.1 Å². The first-order valence-electron chi connectivity index (χ1n) is 28.0. The van der Waals surface area contributed by atoms with Crippen molar-refractivity contribution in [2.75, 3.05) is 54.1 Å². The average molecular weight is 962 g/mol. The van der Waals surface area contributed by atoms with Crippen LogP contribution in [0.3, 0.4) is 0 Å². The van der Waals surface area contributed by atoms with Crippen LogP contribution in [0.4, 0.5) is 0 Å². The second-order valence-corrected chi connectivity index (χ2v) is 21.3. The smallest absolute Gasteiger partial charge is 0.306 e. The summed E-state index contributed by atoms with van der Waals surface area (Å²) in [7, 11) is 1.35. The van der Waals surface area contributed by atoms with E-state index in [1.165, 1.54) is 154 Å². The molecule has 0 amide bonds. The number of phosphoric ester groups is 1. The lowest BCUT2D eigenvalue weighted by atomic mass is 10.0. The van der Waals surface area contributed by atoms with Crippen molar-refractivity contribution in [3.8, 4) is 0 Å². The Balaban J connectivity index is 4.10. The first-order chi connectivity index (χ1) is 32.6. The summed E-state index contributed by atoms with van der Waals surface area (Å²) in [4.78, 5) is 25.2. The molecule has 8 nitrogen and oxygen atoms in total. The van der Waals surface area contributed by atoms with E-state index in [0.717, 1.165) is 70.6 Å². The number of esters is 1. The van der Waals surface area contributed by atoms with Gasteiger partial charge in [-0.15, -0.1) is 0 Å². The lowest BCUT2D eigenvalue weighted by molar-refractivity contribution is -0.870. The maximum Gasteiger partial charge on any atom is 0.306 e. The molecule has 0 aliphatic carbocycles. The summed E-state index contributed by atoms with van der Waals surface area (Å²) in [5, 5.41) is 0. The second kappa shape index (κ2) is 50.6. The molecule has 0 saturated carbocycles. The fourth-order valence-corrected chi connectivity index (χ4v) is 8.54. The summed E-state index contributed by atoms with van der Waals surface area (Å²) in [6, 6.07) is 0.